The molecule has 0 saturated carbocycles. The third-order valence-corrected chi connectivity index (χ3v) is 3.48. The van der Waals surface area contributed by atoms with E-state index in [1.807, 2.05) is 14.0 Å². The summed E-state index contributed by atoms with van der Waals surface area (Å²) in [6.07, 6.45) is 2.22. The number of nitrogens with zero attached hydrogens (tertiary/aromatic N) is 2. The maximum atomic E-state index is 13.7. The smallest absolute Gasteiger partial charge is 0.193 e. The van der Waals surface area contributed by atoms with Gasteiger partial charge in [-0.05, 0) is 18.1 Å². The second-order valence-electron chi connectivity index (χ2n) is 5.27. The lowest BCUT2D eigenvalue weighted by atomic mass is 10.0. The Kier molecular flexibility index (Phi) is 10.3. The van der Waals surface area contributed by atoms with Crippen LogP contribution in [-0.2, 0) is 0 Å². The molecule has 1 atom stereocenters. The Balaban J connectivity index is 0.00000441. The van der Waals surface area contributed by atoms with Crippen LogP contribution in [0, 0.1) is 11.6 Å². The van der Waals surface area contributed by atoms with Crippen LogP contribution in [0.5, 0.6) is 0 Å². The van der Waals surface area contributed by atoms with Gasteiger partial charge in [-0.3, -0.25) is 4.99 Å². The standard InChI is InChI=1S/C16H25F2N3.HI/c1-5-6-9-21(4)16(19-3)20-11-12(2)14-8-7-13(17)10-15(14)18;/h7-8,10,12H,5-6,9,11H2,1-4H3,(H,19,20);1H. The topological polar surface area (TPSA) is 27.6 Å². The molecule has 1 aromatic rings. The van der Waals surface area contributed by atoms with E-state index in [1.54, 1.807) is 7.05 Å². The van der Waals surface area contributed by atoms with E-state index in [1.165, 1.54) is 12.1 Å². The minimum atomic E-state index is -0.550. The average Bonchev–Trinajstić information content (AvgIpc) is 2.45. The molecule has 1 unspecified atom stereocenters. The van der Waals surface area contributed by atoms with Crippen molar-refractivity contribution in [3.8, 4) is 0 Å². The van der Waals surface area contributed by atoms with Gasteiger partial charge >= 0.3 is 0 Å². The molecular formula is C16H26F2IN3. The van der Waals surface area contributed by atoms with Crippen LogP contribution in [0.3, 0.4) is 0 Å². The molecule has 0 aliphatic rings. The van der Waals surface area contributed by atoms with Crippen molar-refractivity contribution in [3.05, 3.63) is 35.4 Å². The molecule has 0 aliphatic carbocycles. The van der Waals surface area contributed by atoms with Crippen molar-refractivity contribution in [2.24, 2.45) is 4.99 Å². The van der Waals surface area contributed by atoms with E-state index >= 15 is 0 Å². The SMILES string of the molecule is CCCCN(C)C(=NC)NCC(C)c1ccc(F)cc1F.I. The van der Waals surface area contributed by atoms with Gasteiger partial charge in [0.05, 0.1) is 0 Å². The highest BCUT2D eigenvalue weighted by molar-refractivity contribution is 14.0. The average molecular weight is 425 g/mol. The second-order valence-corrected chi connectivity index (χ2v) is 5.27. The molecule has 0 aliphatic heterocycles. The molecule has 6 heteroatoms. The summed E-state index contributed by atoms with van der Waals surface area (Å²) in [7, 11) is 3.71. The molecule has 1 N–H and O–H groups in total. The highest BCUT2D eigenvalue weighted by Gasteiger charge is 2.13. The Morgan fingerprint density at radius 1 is 1.36 bits per heavy atom. The van der Waals surface area contributed by atoms with Crippen molar-refractivity contribution in [1.29, 1.82) is 0 Å². The molecule has 0 aromatic heterocycles. The summed E-state index contributed by atoms with van der Waals surface area (Å²) in [5.41, 5.74) is 0.510. The Hall–Kier alpha value is -0.920. The van der Waals surface area contributed by atoms with E-state index in [0.29, 0.717) is 12.1 Å². The van der Waals surface area contributed by atoms with Crippen LogP contribution in [0.4, 0.5) is 8.78 Å². The molecule has 0 bridgehead atoms. The van der Waals surface area contributed by atoms with E-state index in [0.717, 1.165) is 31.4 Å². The third kappa shape index (κ3) is 6.46. The van der Waals surface area contributed by atoms with Gasteiger partial charge < -0.3 is 10.2 Å². The maximum absolute atomic E-state index is 13.7. The Morgan fingerprint density at radius 3 is 2.59 bits per heavy atom. The van der Waals surface area contributed by atoms with Gasteiger partial charge in [0.2, 0.25) is 0 Å². The molecular weight excluding hydrogens is 399 g/mol. The van der Waals surface area contributed by atoms with Gasteiger partial charge in [0.15, 0.2) is 5.96 Å². The lowest BCUT2D eigenvalue weighted by Gasteiger charge is -2.23. The zero-order chi connectivity index (χ0) is 15.8. The molecule has 0 spiro atoms. The van der Waals surface area contributed by atoms with E-state index in [4.69, 9.17) is 0 Å². The molecule has 0 fully saturated rings. The molecule has 0 heterocycles. The monoisotopic (exact) mass is 425 g/mol. The second kappa shape index (κ2) is 10.7. The lowest BCUT2D eigenvalue weighted by molar-refractivity contribution is 0.461. The summed E-state index contributed by atoms with van der Waals surface area (Å²) in [6.45, 7) is 5.52. The number of rotatable bonds is 6. The molecule has 1 aromatic carbocycles. The molecule has 22 heavy (non-hydrogen) atoms. The van der Waals surface area contributed by atoms with E-state index < -0.39 is 11.6 Å². The minimum Gasteiger partial charge on any atom is -0.356 e. The van der Waals surface area contributed by atoms with Gasteiger partial charge in [-0.1, -0.05) is 26.3 Å². The molecule has 126 valence electrons. The van der Waals surface area contributed by atoms with Gasteiger partial charge in [0.25, 0.3) is 0 Å². The van der Waals surface area contributed by atoms with Crippen molar-refractivity contribution in [2.45, 2.75) is 32.6 Å². The third-order valence-electron chi connectivity index (χ3n) is 3.48. The highest BCUT2D eigenvalue weighted by Crippen LogP contribution is 2.19. The largest absolute Gasteiger partial charge is 0.356 e. The number of aliphatic imine (C=N–C) groups is 1. The van der Waals surface area contributed by atoms with Gasteiger partial charge in [0.1, 0.15) is 11.6 Å². The number of nitrogens with one attached hydrogen (secondary N) is 1. The van der Waals surface area contributed by atoms with Gasteiger partial charge in [-0.15, -0.1) is 24.0 Å². The normalized spacial score (nSPS) is 12.5. The number of guanidine groups is 1. The van der Waals surface area contributed by atoms with Crippen LogP contribution < -0.4 is 5.32 Å². The summed E-state index contributed by atoms with van der Waals surface area (Å²) in [6, 6.07) is 3.71. The molecule has 3 nitrogen and oxygen atoms in total. The van der Waals surface area contributed by atoms with Crippen LogP contribution in [0.15, 0.2) is 23.2 Å². The number of benzene rings is 1. The first-order valence-electron chi connectivity index (χ1n) is 7.36. The molecule has 1 rings (SSSR count). The fourth-order valence-electron chi connectivity index (χ4n) is 2.14. The van der Waals surface area contributed by atoms with Crippen molar-refractivity contribution in [1.82, 2.24) is 10.2 Å². The maximum Gasteiger partial charge on any atom is 0.193 e. The zero-order valence-corrected chi connectivity index (χ0v) is 16.0. The van der Waals surface area contributed by atoms with Crippen LogP contribution in [0.2, 0.25) is 0 Å². The Morgan fingerprint density at radius 2 is 2.05 bits per heavy atom. The molecule has 0 amide bonds. The van der Waals surface area contributed by atoms with Crippen LogP contribution in [0.25, 0.3) is 0 Å². The first-order valence-corrected chi connectivity index (χ1v) is 7.36. The Labute approximate surface area is 149 Å². The van der Waals surface area contributed by atoms with E-state index in [2.05, 4.69) is 22.1 Å². The van der Waals surface area contributed by atoms with Crippen molar-refractivity contribution in [3.63, 3.8) is 0 Å². The van der Waals surface area contributed by atoms with Gasteiger partial charge in [0, 0.05) is 39.2 Å². The number of unbranched alkanes of at least 4 members (excludes halogenated alkanes) is 1. The summed E-state index contributed by atoms with van der Waals surface area (Å²) in [5, 5.41) is 3.23. The first kappa shape index (κ1) is 21.1. The predicted molar refractivity (Wildman–Crippen MR) is 99.1 cm³/mol. The molecule has 0 saturated heterocycles. The predicted octanol–water partition coefficient (Wildman–Crippen LogP) is 3.99. The summed E-state index contributed by atoms with van der Waals surface area (Å²) in [5.74, 6) is -0.329. The molecule has 0 radical (unpaired) electrons. The number of halogens is 3. The zero-order valence-electron chi connectivity index (χ0n) is 13.7. The first-order chi connectivity index (χ1) is 9.99. The summed E-state index contributed by atoms with van der Waals surface area (Å²) < 4.78 is 26.6. The lowest BCUT2D eigenvalue weighted by Crippen LogP contribution is -2.40. The van der Waals surface area contributed by atoms with Crippen LogP contribution in [0.1, 0.15) is 38.2 Å². The quantitative estimate of drug-likeness (QED) is 0.424. The minimum absolute atomic E-state index is 0. The van der Waals surface area contributed by atoms with Gasteiger partial charge in [-0.2, -0.15) is 0 Å². The highest BCUT2D eigenvalue weighted by atomic mass is 127. The fraction of sp³-hybridized carbons (Fsp3) is 0.562. The van der Waals surface area contributed by atoms with Crippen molar-refractivity contribution in [2.75, 3.05) is 27.2 Å². The Bertz CT molecular complexity index is 480. The summed E-state index contributed by atoms with van der Waals surface area (Å²) in [4.78, 5) is 6.27. The van der Waals surface area contributed by atoms with Gasteiger partial charge in [-0.25, -0.2) is 8.78 Å². The van der Waals surface area contributed by atoms with Crippen molar-refractivity contribution < 1.29 is 8.78 Å². The van der Waals surface area contributed by atoms with Crippen LogP contribution in [-0.4, -0.2) is 38.0 Å². The fourth-order valence-corrected chi connectivity index (χ4v) is 2.14. The summed E-state index contributed by atoms with van der Waals surface area (Å²) >= 11 is 0. The van der Waals surface area contributed by atoms with E-state index in [-0.39, 0.29) is 29.9 Å². The number of hydrogen-bond acceptors (Lipinski definition) is 1. The van der Waals surface area contributed by atoms with Crippen molar-refractivity contribution >= 4 is 29.9 Å². The van der Waals surface area contributed by atoms with Crippen LogP contribution >= 0.6 is 24.0 Å². The number of hydrogen-bond donors (Lipinski definition) is 1. The van der Waals surface area contributed by atoms with E-state index in [9.17, 15) is 8.78 Å².